The molecule has 10 heteroatoms. The number of hydrogen-bond acceptors (Lipinski definition) is 4. The van der Waals surface area contributed by atoms with E-state index in [0.717, 1.165) is 0 Å². The first-order valence-corrected chi connectivity index (χ1v) is 9.49. The van der Waals surface area contributed by atoms with E-state index >= 15 is 0 Å². The lowest BCUT2D eigenvalue weighted by Gasteiger charge is -2.11. The maximum atomic E-state index is 12.4. The third-order valence-electron chi connectivity index (χ3n) is 3.71. The number of anilines is 1. The number of hydrogen-bond donors (Lipinski definition) is 3. The molecule has 1 aromatic heterocycles. The molecule has 1 heterocycles. The van der Waals surface area contributed by atoms with Gasteiger partial charge >= 0.3 is 5.97 Å². The lowest BCUT2D eigenvalue weighted by molar-refractivity contribution is 0.0696. The summed E-state index contributed by atoms with van der Waals surface area (Å²) in [5.74, 6) is -1.39. The number of halogens is 3. The van der Waals surface area contributed by atoms with Gasteiger partial charge in [0.15, 0.2) is 10.9 Å². The van der Waals surface area contributed by atoms with Crippen LogP contribution in [0.25, 0.3) is 11.3 Å². The van der Waals surface area contributed by atoms with Gasteiger partial charge in [-0.25, -0.2) is 4.79 Å². The molecule has 0 aliphatic heterocycles. The van der Waals surface area contributed by atoms with E-state index in [1.807, 2.05) is 0 Å². The molecule has 148 valence electrons. The van der Waals surface area contributed by atoms with Gasteiger partial charge in [-0.2, -0.15) is 0 Å². The number of aromatic carboxylic acids is 1. The van der Waals surface area contributed by atoms with Crippen molar-refractivity contribution in [2.45, 2.75) is 0 Å². The van der Waals surface area contributed by atoms with Crippen LogP contribution in [0.5, 0.6) is 0 Å². The number of nitrogens with one attached hydrogen (secondary N) is 2. The number of carboxylic acids is 1. The summed E-state index contributed by atoms with van der Waals surface area (Å²) in [6, 6.07) is 12.0. The molecular formula is C19H11Cl3N2O4S. The summed E-state index contributed by atoms with van der Waals surface area (Å²) in [7, 11) is 0. The van der Waals surface area contributed by atoms with Gasteiger partial charge in [-0.3, -0.25) is 10.1 Å². The third-order valence-corrected chi connectivity index (χ3v) is 4.81. The largest absolute Gasteiger partial charge is 0.478 e. The average molecular weight is 470 g/mol. The molecular weight excluding hydrogens is 459 g/mol. The van der Waals surface area contributed by atoms with Crippen LogP contribution in [-0.2, 0) is 0 Å². The first-order chi connectivity index (χ1) is 13.7. The quantitative estimate of drug-likeness (QED) is 0.423. The molecule has 29 heavy (non-hydrogen) atoms. The Morgan fingerprint density at radius 1 is 0.966 bits per heavy atom. The van der Waals surface area contributed by atoms with Crippen LogP contribution in [-0.4, -0.2) is 22.1 Å². The highest BCUT2D eigenvalue weighted by molar-refractivity contribution is 7.80. The Morgan fingerprint density at radius 3 is 2.41 bits per heavy atom. The standard InChI is InChI=1S/C19H11Cl3N2O4S/c20-10-2-4-12(21)11(8-10)15-5-6-16(28-15)17(25)24-19(29)23-14-7-9(18(26)27)1-3-13(14)22/h1-8H,(H,26,27)(H2,23,24,25,29). The number of carbonyl (C=O) groups excluding carboxylic acids is 1. The van der Waals surface area contributed by atoms with Crippen LogP contribution in [0.1, 0.15) is 20.9 Å². The zero-order valence-electron chi connectivity index (χ0n) is 14.3. The van der Waals surface area contributed by atoms with E-state index < -0.39 is 11.9 Å². The molecule has 3 rings (SSSR count). The molecule has 0 atom stereocenters. The number of amides is 1. The Kier molecular flexibility index (Phi) is 6.44. The maximum absolute atomic E-state index is 12.4. The Morgan fingerprint density at radius 2 is 1.69 bits per heavy atom. The van der Waals surface area contributed by atoms with Crippen molar-refractivity contribution in [3.8, 4) is 11.3 Å². The predicted octanol–water partition coefficient (Wildman–Crippen LogP) is 5.73. The number of carbonyl (C=O) groups is 2. The van der Waals surface area contributed by atoms with Crippen molar-refractivity contribution in [2.24, 2.45) is 0 Å². The van der Waals surface area contributed by atoms with E-state index in [1.54, 1.807) is 24.3 Å². The minimum absolute atomic E-state index is 0.00873. The van der Waals surface area contributed by atoms with Crippen molar-refractivity contribution in [2.75, 3.05) is 5.32 Å². The maximum Gasteiger partial charge on any atom is 0.335 e. The van der Waals surface area contributed by atoms with Gasteiger partial charge in [-0.15, -0.1) is 0 Å². The molecule has 3 N–H and O–H groups in total. The second kappa shape index (κ2) is 8.84. The normalized spacial score (nSPS) is 10.4. The van der Waals surface area contributed by atoms with Crippen molar-refractivity contribution >= 4 is 69.7 Å². The molecule has 0 aliphatic rings. The summed E-state index contributed by atoms with van der Waals surface area (Å²) < 4.78 is 5.55. The van der Waals surface area contributed by atoms with Gasteiger partial charge in [0.2, 0.25) is 0 Å². The van der Waals surface area contributed by atoms with Crippen molar-refractivity contribution in [1.82, 2.24) is 5.32 Å². The third kappa shape index (κ3) is 5.07. The summed E-state index contributed by atoms with van der Waals surface area (Å²) in [5, 5.41) is 15.2. The number of benzene rings is 2. The van der Waals surface area contributed by atoms with Gasteiger partial charge in [0.1, 0.15) is 5.76 Å². The highest BCUT2D eigenvalue weighted by Gasteiger charge is 2.16. The van der Waals surface area contributed by atoms with Crippen LogP contribution >= 0.6 is 47.0 Å². The van der Waals surface area contributed by atoms with Crippen LogP contribution in [0.2, 0.25) is 15.1 Å². The van der Waals surface area contributed by atoms with E-state index in [1.165, 1.54) is 24.3 Å². The molecule has 0 aliphatic carbocycles. The predicted molar refractivity (Wildman–Crippen MR) is 116 cm³/mol. The second-order valence-corrected chi connectivity index (χ2v) is 7.36. The van der Waals surface area contributed by atoms with Crippen molar-refractivity contribution in [3.05, 3.63) is 74.9 Å². The minimum Gasteiger partial charge on any atom is -0.478 e. The van der Waals surface area contributed by atoms with Crippen LogP contribution in [0.15, 0.2) is 52.9 Å². The van der Waals surface area contributed by atoms with Crippen LogP contribution in [0, 0.1) is 0 Å². The van der Waals surface area contributed by atoms with Crippen molar-refractivity contribution in [1.29, 1.82) is 0 Å². The van der Waals surface area contributed by atoms with Gasteiger partial charge in [-0.05, 0) is 60.7 Å². The molecule has 3 aromatic rings. The Bertz CT molecular complexity index is 1130. The van der Waals surface area contributed by atoms with E-state index in [0.29, 0.717) is 21.4 Å². The SMILES string of the molecule is O=C(O)c1ccc(Cl)c(NC(=S)NC(=O)c2ccc(-c3cc(Cl)ccc3Cl)o2)c1. The summed E-state index contributed by atoms with van der Waals surface area (Å²) >= 11 is 23.2. The highest BCUT2D eigenvalue weighted by atomic mass is 35.5. The molecule has 0 unspecified atom stereocenters. The fourth-order valence-corrected chi connectivity index (χ4v) is 3.11. The lowest BCUT2D eigenvalue weighted by atomic mass is 10.2. The van der Waals surface area contributed by atoms with Gasteiger partial charge < -0.3 is 14.8 Å². The molecule has 0 saturated heterocycles. The number of thiocarbonyl (C=S) groups is 1. The second-order valence-electron chi connectivity index (χ2n) is 5.70. The van der Waals surface area contributed by atoms with E-state index in [9.17, 15) is 9.59 Å². The summed E-state index contributed by atoms with van der Waals surface area (Å²) in [6.07, 6.45) is 0. The number of carboxylic acid groups (broad SMARTS) is 1. The molecule has 0 bridgehead atoms. The zero-order valence-corrected chi connectivity index (χ0v) is 17.4. The fraction of sp³-hybridized carbons (Fsp3) is 0. The molecule has 0 fully saturated rings. The van der Waals surface area contributed by atoms with Gasteiger partial charge in [0, 0.05) is 10.6 Å². The van der Waals surface area contributed by atoms with Crippen LogP contribution < -0.4 is 10.6 Å². The average Bonchev–Trinajstić information content (AvgIpc) is 3.15. The summed E-state index contributed by atoms with van der Waals surface area (Å²) in [5.41, 5.74) is 0.791. The smallest absolute Gasteiger partial charge is 0.335 e. The Balaban J connectivity index is 1.72. The number of furan rings is 1. The number of rotatable bonds is 4. The first-order valence-electron chi connectivity index (χ1n) is 7.95. The van der Waals surface area contributed by atoms with Gasteiger partial charge in [-0.1, -0.05) is 34.8 Å². The van der Waals surface area contributed by atoms with Gasteiger partial charge in [0.25, 0.3) is 5.91 Å². The van der Waals surface area contributed by atoms with E-state index in [-0.39, 0.29) is 27.1 Å². The topological polar surface area (TPSA) is 91.6 Å². The fourth-order valence-electron chi connectivity index (χ4n) is 2.36. The van der Waals surface area contributed by atoms with Crippen LogP contribution in [0.3, 0.4) is 0 Å². The summed E-state index contributed by atoms with van der Waals surface area (Å²) in [4.78, 5) is 23.5. The first kappa shape index (κ1) is 21.1. The monoisotopic (exact) mass is 468 g/mol. The molecule has 6 nitrogen and oxygen atoms in total. The Hall–Kier alpha value is -2.58. The van der Waals surface area contributed by atoms with Crippen molar-refractivity contribution in [3.63, 3.8) is 0 Å². The molecule has 0 radical (unpaired) electrons. The van der Waals surface area contributed by atoms with E-state index in [2.05, 4.69) is 10.6 Å². The molecule has 0 saturated carbocycles. The summed E-state index contributed by atoms with van der Waals surface area (Å²) in [6.45, 7) is 0. The van der Waals surface area contributed by atoms with Crippen molar-refractivity contribution < 1.29 is 19.1 Å². The lowest BCUT2D eigenvalue weighted by Crippen LogP contribution is -2.34. The molecule has 0 spiro atoms. The van der Waals surface area contributed by atoms with Crippen LogP contribution in [0.4, 0.5) is 5.69 Å². The minimum atomic E-state index is -1.12. The Labute approximate surface area is 185 Å². The van der Waals surface area contributed by atoms with Gasteiger partial charge in [0.05, 0.1) is 21.3 Å². The molecule has 1 amide bonds. The highest BCUT2D eigenvalue weighted by Crippen LogP contribution is 2.31. The van der Waals surface area contributed by atoms with E-state index in [4.69, 9.17) is 56.5 Å². The molecule has 2 aromatic carbocycles. The zero-order chi connectivity index (χ0) is 21.1.